The zero-order valence-electron chi connectivity index (χ0n) is 13.7. The van der Waals surface area contributed by atoms with Crippen molar-refractivity contribution in [2.75, 3.05) is 6.54 Å². The van der Waals surface area contributed by atoms with Crippen LogP contribution in [0.15, 0.2) is 18.2 Å². The summed E-state index contributed by atoms with van der Waals surface area (Å²) < 4.78 is 0. The van der Waals surface area contributed by atoms with E-state index >= 15 is 0 Å². The van der Waals surface area contributed by atoms with Crippen LogP contribution in [0.25, 0.3) is 0 Å². The normalized spacial score (nSPS) is 13.6. The second-order valence-corrected chi connectivity index (χ2v) is 6.63. The largest absolute Gasteiger partial charge is 0.310 e. The van der Waals surface area contributed by atoms with Gasteiger partial charge in [0.2, 0.25) is 0 Å². The Labute approximate surface area is 119 Å². The molecule has 0 spiro atoms. The van der Waals surface area contributed by atoms with Crippen LogP contribution in [0.5, 0.6) is 0 Å². The summed E-state index contributed by atoms with van der Waals surface area (Å²) in [6.45, 7) is 17.0. The molecule has 0 fully saturated rings. The number of nitrogens with one attached hydrogen (secondary N) is 1. The summed E-state index contributed by atoms with van der Waals surface area (Å²) in [4.78, 5) is 0. The van der Waals surface area contributed by atoms with Crippen LogP contribution in [0, 0.1) is 31.6 Å². The fraction of sp³-hybridized carbons (Fsp3) is 0.667. The van der Waals surface area contributed by atoms with Gasteiger partial charge in [0.15, 0.2) is 0 Å². The first-order valence-corrected chi connectivity index (χ1v) is 7.63. The lowest BCUT2D eigenvalue weighted by Crippen LogP contribution is -2.31. The Morgan fingerprint density at radius 1 is 0.895 bits per heavy atom. The molecule has 1 rings (SSSR count). The molecule has 0 aliphatic carbocycles. The van der Waals surface area contributed by atoms with E-state index in [9.17, 15) is 0 Å². The summed E-state index contributed by atoms with van der Waals surface area (Å²) in [5, 5.41) is 3.71. The van der Waals surface area contributed by atoms with Crippen molar-refractivity contribution < 1.29 is 0 Å². The molecule has 0 radical (unpaired) electrons. The number of hydrogen-bond donors (Lipinski definition) is 1. The molecule has 1 aromatic carbocycles. The average Bonchev–Trinajstić information content (AvgIpc) is 2.31. The molecule has 1 aromatic rings. The monoisotopic (exact) mass is 261 g/mol. The van der Waals surface area contributed by atoms with Crippen LogP contribution in [0.3, 0.4) is 0 Å². The Bertz CT molecular complexity index is 385. The minimum atomic E-state index is 0.430. The zero-order valence-corrected chi connectivity index (χ0v) is 13.7. The van der Waals surface area contributed by atoms with E-state index in [1.807, 2.05) is 0 Å². The smallest absolute Gasteiger partial charge is 0.0292 e. The van der Waals surface area contributed by atoms with Crippen LogP contribution in [0.1, 0.15) is 57.4 Å². The van der Waals surface area contributed by atoms with Gasteiger partial charge in [-0.15, -0.1) is 0 Å². The van der Waals surface area contributed by atoms with Crippen molar-refractivity contribution in [2.24, 2.45) is 17.8 Å². The van der Waals surface area contributed by atoms with E-state index in [1.165, 1.54) is 16.7 Å². The SMILES string of the molecule is Cc1ccc(C(C)NCC(C(C)C)C(C)C)cc1C. The lowest BCUT2D eigenvalue weighted by molar-refractivity contribution is 0.268. The van der Waals surface area contributed by atoms with E-state index in [0.717, 1.165) is 24.3 Å². The molecule has 0 bridgehead atoms. The quantitative estimate of drug-likeness (QED) is 0.769. The van der Waals surface area contributed by atoms with Crippen LogP contribution in [0.4, 0.5) is 0 Å². The molecule has 0 amide bonds. The standard InChI is InChI=1S/C18H31N/c1-12(2)18(13(3)4)11-19-16(7)17-9-8-14(5)15(6)10-17/h8-10,12-13,16,18-19H,11H2,1-7H3. The molecule has 108 valence electrons. The maximum atomic E-state index is 3.71. The highest BCUT2D eigenvalue weighted by molar-refractivity contribution is 5.31. The summed E-state index contributed by atoms with van der Waals surface area (Å²) >= 11 is 0. The van der Waals surface area contributed by atoms with Gasteiger partial charge in [-0.2, -0.15) is 0 Å². The Hall–Kier alpha value is -0.820. The van der Waals surface area contributed by atoms with E-state index in [2.05, 4.69) is 72.0 Å². The van der Waals surface area contributed by atoms with Crippen LogP contribution < -0.4 is 5.32 Å². The number of benzene rings is 1. The minimum Gasteiger partial charge on any atom is -0.310 e. The van der Waals surface area contributed by atoms with Gasteiger partial charge in [-0.05, 0) is 61.8 Å². The van der Waals surface area contributed by atoms with Crippen LogP contribution >= 0.6 is 0 Å². The molecule has 0 aromatic heterocycles. The van der Waals surface area contributed by atoms with Crippen molar-refractivity contribution in [1.29, 1.82) is 0 Å². The molecular weight excluding hydrogens is 230 g/mol. The van der Waals surface area contributed by atoms with E-state index < -0.39 is 0 Å². The predicted molar refractivity (Wildman–Crippen MR) is 85.5 cm³/mol. The molecule has 1 unspecified atom stereocenters. The van der Waals surface area contributed by atoms with Crippen molar-refractivity contribution in [3.05, 3.63) is 34.9 Å². The number of rotatable bonds is 6. The summed E-state index contributed by atoms with van der Waals surface area (Å²) in [5.74, 6) is 2.22. The van der Waals surface area contributed by atoms with Gasteiger partial charge >= 0.3 is 0 Å². The van der Waals surface area contributed by atoms with Crippen molar-refractivity contribution in [3.63, 3.8) is 0 Å². The first kappa shape index (κ1) is 16.2. The molecule has 1 atom stereocenters. The lowest BCUT2D eigenvalue weighted by atomic mass is 9.85. The zero-order chi connectivity index (χ0) is 14.6. The first-order valence-electron chi connectivity index (χ1n) is 7.63. The average molecular weight is 261 g/mol. The molecule has 0 saturated carbocycles. The Kier molecular flexibility index (Phi) is 6.06. The Morgan fingerprint density at radius 2 is 1.47 bits per heavy atom. The van der Waals surface area contributed by atoms with Crippen molar-refractivity contribution in [3.8, 4) is 0 Å². The Morgan fingerprint density at radius 3 is 1.95 bits per heavy atom. The van der Waals surface area contributed by atoms with Gasteiger partial charge in [0, 0.05) is 6.04 Å². The van der Waals surface area contributed by atoms with Crippen molar-refractivity contribution in [2.45, 2.75) is 54.5 Å². The maximum absolute atomic E-state index is 3.71. The predicted octanol–water partition coefficient (Wildman–Crippen LogP) is 4.88. The fourth-order valence-corrected chi connectivity index (χ4v) is 2.71. The van der Waals surface area contributed by atoms with Crippen LogP contribution in [-0.4, -0.2) is 6.54 Å². The van der Waals surface area contributed by atoms with E-state index in [1.54, 1.807) is 0 Å². The fourth-order valence-electron chi connectivity index (χ4n) is 2.71. The molecule has 1 N–H and O–H groups in total. The topological polar surface area (TPSA) is 12.0 Å². The van der Waals surface area contributed by atoms with Gasteiger partial charge in [-0.3, -0.25) is 0 Å². The van der Waals surface area contributed by atoms with Gasteiger partial charge in [-0.1, -0.05) is 45.9 Å². The van der Waals surface area contributed by atoms with Gasteiger partial charge in [0.1, 0.15) is 0 Å². The molecule has 0 aliphatic rings. The summed E-state index contributed by atoms with van der Waals surface area (Å²) in [5.41, 5.74) is 4.16. The molecule has 0 aliphatic heterocycles. The second kappa shape index (κ2) is 7.09. The third-order valence-corrected chi connectivity index (χ3v) is 4.40. The van der Waals surface area contributed by atoms with Crippen molar-refractivity contribution in [1.82, 2.24) is 5.32 Å². The Balaban J connectivity index is 2.63. The number of hydrogen-bond acceptors (Lipinski definition) is 1. The van der Waals surface area contributed by atoms with E-state index in [-0.39, 0.29) is 0 Å². The highest BCUT2D eigenvalue weighted by Crippen LogP contribution is 2.22. The van der Waals surface area contributed by atoms with Gasteiger partial charge in [0.05, 0.1) is 0 Å². The molecule has 0 saturated heterocycles. The summed E-state index contributed by atoms with van der Waals surface area (Å²) in [6.07, 6.45) is 0. The minimum absolute atomic E-state index is 0.430. The van der Waals surface area contributed by atoms with Gasteiger partial charge in [-0.25, -0.2) is 0 Å². The molecule has 19 heavy (non-hydrogen) atoms. The number of aryl methyl sites for hydroxylation is 2. The molecular formula is C18H31N. The third-order valence-electron chi connectivity index (χ3n) is 4.40. The first-order chi connectivity index (χ1) is 8.82. The second-order valence-electron chi connectivity index (χ2n) is 6.63. The van der Waals surface area contributed by atoms with Crippen LogP contribution in [-0.2, 0) is 0 Å². The third kappa shape index (κ3) is 4.65. The van der Waals surface area contributed by atoms with Crippen molar-refractivity contribution >= 4 is 0 Å². The lowest BCUT2D eigenvalue weighted by Gasteiger charge is -2.27. The summed E-state index contributed by atoms with van der Waals surface area (Å²) in [7, 11) is 0. The van der Waals surface area contributed by atoms with E-state index in [4.69, 9.17) is 0 Å². The van der Waals surface area contributed by atoms with Gasteiger partial charge in [0.25, 0.3) is 0 Å². The van der Waals surface area contributed by atoms with E-state index in [0.29, 0.717) is 6.04 Å². The van der Waals surface area contributed by atoms with Gasteiger partial charge < -0.3 is 5.32 Å². The molecule has 1 heteroatoms. The summed E-state index contributed by atoms with van der Waals surface area (Å²) in [6, 6.07) is 7.22. The molecule has 1 nitrogen and oxygen atoms in total. The highest BCUT2D eigenvalue weighted by atomic mass is 14.9. The highest BCUT2D eigenvalue weighted by Gasteiger charge is 2.18. The van der Waals surface area contributed by atoms with Crippen LogP contribution in [0.2, 0.25) is 0 Å². The maximum Gasteiger partial charge on any atom is 0.0292 e. The molecule has 0 heterocycles.